The van der Waals surface area contributed by atoms with Crippen molar-refractivity contribution in [2.24, 2.45) is 5.92 Å². The maximum Gasteiger partial charge on any atom is 0.170 e. The number of rotatable bonds is 3. The van der Waals surface area contributed by atoms with E-state index in [0.29, 0.717) is 29.9 Å². The summed E-state index contributed by atoms with van der Waals surface area (Å²) in [4.78, 5) is 6.29. The van der Waals surface area contributed by atoms with Crippen LogP contribution in [0.3, 0.4) is 0 Å². The lowest BCUT2D eigenvalue weighted by atomic mass is 10.1. The molecule has 0 bridgehead atoms. The van der Waals surface area contributed by atoms with Crippen LogP contribution in [0.25, 0.3) is 0 Å². The first-order valence-corrected chi connectivity index (χ1v) is 6.18. The minimum absolute atomic E-state index is 0.178. The van der Waals surface area contributed by atoms with Crippen molar-refractivity contribution in [3.8, 4) is 0 Å². The third kappa shape index (κ3) is 2.41. The van der Waals surface area contributed by atoms with E-state index in [2.05, 4.69) is 29.0 Å². The average Bonchev–Trinajstić information content (AvgIpc) is 2.61. The lowest BCUT2D eigenvalue weighted by Crippen LogP contribution is -2.29. The van der Waals surface area contributed by atoms with Crippen molar-refractivity contribution in [1.82, 2.24) is 10.3 Å². The molecule has 1 aliphatic rings. The molecule has 2 unspecified atom stereocenters. The van der Waals surface area contributed by atoms with Gasteiger partial charge in [0, 0.05) is 30.9 Å². The molecular formula is C13H20FN3. The van der Waals surface area contributed by atoms with E-state index in [1.165, 1.54) is 0 Å². The van der Waals surface area contributed by atoms with Crippen LogP contribution in [0.15, 0.2) is 12.3 Å². The largest absolute Gasteiger partial charge is 0.351 e. The van der Waals surface area contributed by atoms with Crippen molar-refractivity contribution in [3.05, 3.63) is 23.6 Å². The second kappa shape index (κ2) is 5.00. The van der Waals surface area contributed by atoms with Gasteiger partial charge in [-0.3, -0.25) is 0 Å². The van der Waals surface area contributed by atoms with E-state index in [-0.39, 0.29) is 5.82 Å². The number of anilines is 1. The van der Waals surface area contributed by atoms with Crippen molar-refractivity contribution >= 4 is 5.82 Å². The number of hydrogen-bond donors (Lipinski definition) is 1. The minimum Gasteiger partial charge on any atom is -0.351 e. The molecule has 1 N–H and O–H groups in total. The van der Waals surface area contributed by atoms with Gasteiger partial charge in [0.15, 0.2) is 11.6 Å². The zero-order valence-electron chi connectivity index (χ0n) is 10.7. The van der Waals surface area contributed by atoms with E-state index < -0.39 is 0 Å². The number of halogens is 1. The highest BCUT2D eigenvalue weighted by molar-refractivity contribution is 5.45. The van der Waals surface area contributed by atoms with Crippen LogP contribution in [-0.2, 0) is 6.54 Å². The molecule has 2 rings (SSSR count). The number of hydrogen-bond acceptors (Lipinski definition) is 3. The predicted molar refractivity (Wildman–Crippen MR) is 67.5 cm³/mol. The van der Waals surface area contributed by atoms with Gasteiger partial charge >= 0.3 is 0 Å². The van der Waals surface area contributed by atoms with Crippen LogP contribution >= 0.6 is 0 Å². The molecule has 0 amide bonds. The summed E-state index contributed by atoms with van der Waals surface area (Å²) in [7, 11) is 1.82. The summed E-state index contributed by atoms with van der Waals surface area (Å²) < 4.78 is 14.3. The Morgan fingerprint density at radius 3 is 2.88 bits per heavy atom. The normalized spacial score (nSPS) is 24.4. The molecule has 2 heterocycles. The summed E-state index contributed by atoms with van der Waals surface area (Å²) in [5.74, 6) is 0.941. The first-order chi connectivity index (χ1) is 8.13. The molecule has 1 saturated heterocycles. The molecule has 0 radical (unpaired) electrons. The van der Waals surface area contributed by atoms with Crippen molar-refractivity contribution < 1.29 is 4.39 Å². The van der Waals surface area contributed by atoms with Gasteiger partial charge in [-0.2, -0.15) is 0 Å². The second-order valence-corrected chi connectivity index (χ2v) is 4.98. The zero-order chi connectivity index (χ0) is 12.4. The zero-order valence-corrected chi connectivity index (χ0v) is 10.7. The Labute approximate surface area is 102 Å². The van der Waals surface area contributed by atoms with E-state index in [0.717, 1.165) is 13.0 Å². The minimum atomic E-state index is -0.178. The Balaban J connectivity index is 2.29. The summed E-state index contributed by atoms with van der Waals surface area (Å²) in [6.07, 6.45) is 2.80. The SMILES string of the molecule is CNCc1ccnc(N2CC(C)CC2C)c1F. The van der Waals surface area contributed by atoms with Crippen LogP contribution in [0.2, 0.25) is 0 Å². The van der Waals surface area contributed by atoms with Gasteiger partial charge in [-0.15, -0.1) is 0 Å². The van der Waals surface area contributed by atoms with Gasteiger partial charge in [0.25, 0.3) is 0 Å². The van der Waals surface area contributed by atoms with Crippen LogP contribution in [0, 0.1) is 11.7 Å². The van der Waals surface area contributed by atoms with Crippen LogP contribution in [0.1, 0.15) is 25.8 Å². The molecule has 0 aromatic carbocycles. The molecule has 4 heteroatoms. The van der Waals surface area contributed by atoms with E-state index >= 15 is 0 Å². The molecule has 1 aliphatic heterocycles. The molecule has 1 aromatic rings. The van der Waals surface area contributed by atoms with Gasteiger partial charge in [0.05, 0.1) is 0 Å². The Morgan fingerprint density at radius 1 is 1.53 bits per heavy atom. The fourth-order valence-corrected chi connectivity index (χ4v) is 2.59. The molecular weight excluding hydrogens is 217 g/mol. The van der Waals surface area contributed by atoms with Crippen molar-refractivity contribution in [2.45, 2.75) is 32.9 Å². The fourth-order valence-electron chi connectivity index (χ4n) is 2.59. The number of aromatic nitrogens is 1. The molecule has 0 saturated carbocycles. The van der Waals surface area contributed by atoms with E-state index in [9.17, 15) is 4.39 Å². The van der Waals surface area contributed by atoms with E-state index in [1.54, 1.807) is 12.3 Å². The third-order valence-electron chi connectivity index (χ3n) is 3.37. The van der Waals surface area contributed by atoms with Gasteiger partial charge in [0.1, 0.15) is 0 Å². The van der Waals surface area contributed by atoms with E-state index in [1.807, 2.05) is 7.05 Å². The quantitative estimate of drug-likeness (QED) is 0.873. The molecule has 94 valence electrons. The van der Waals surface area contributed by atoms with Gasteiger partial charge < -0.3 is 10.2 Å². The van der Waals surface area contributed by atoms with Crippen molar-refractivity contribution in [1.29, 1.82) is 0 Å². The van der Waals surface area contributed by atoms with Crippen LogP contribution in [0.4, 0.5) is 10.2 Å². The molecule has 3 nitrogen and oxygen atoms in total. The topological polar surface area (TPSA) is 28.2 Å². The third-order valence-corrected chi connectivity index (χ3v) is 3.37. The van der Waals surface area contributed by atoms with Gasteiger partial charge in [0.2, 0.25) is 0 Å². The first kappa shape index (κ1) is 12.3. The molecule has 1 fully saturated rings. The van der Waals surface area contributed by atoms with Crippen molar-refractivity contribution in [3.63, 3.8) is 0 Å². The molecule has 17 heavy (non-hydrogen) atoms. The Kier molecular flexibility index (Phi) is 3.62. The number of pyridine rings is 1. The van der Waals surface area contributed by atoms with Gasteiger partial charge in [-0.05, 0) is 32.4 Å². The Morgan fingerprint density at radius 2 is 2.29 bits per heavy atom. The Hall–Kier alpha value is -1.16. The number of nitrogens with zero attached hydrogens (tertiary/aromatic N) is 2. The maximum absolute atomic E-state index is 14.3. The Bertz CT molecular complexity index is 394. The summed E-state index contributed by atoms with van der Waals surface area (Å²) in [6, 6.07) is 2.11. The first-order valence-electron chi connectivity index (χ1n) is 6.18. The second-order valence-electron chi connectivity index (χ2n) is 4.98. The van der Waals surface area contributed by atoms with Crippen molar-refractivity contribution in [2.75, 3.05) is 18.5 Å². The smallest absolute Gasteiger partial charge is 0.170 e. The summed E-state index contributed by atoms with van der Waals surface area (Å²) in [5.41, 5.74) is 0.684. The van der Waals surface area contributed by atoms with Gasteiger partial charge in [-0.1, -0.05) is 6.92 Å². The number of nitrogens with one attached hydrogen (secondary N) is 1. The standard InChI is InChI=1S/C13H20FN3/c1-9-6-10(2)17(8-9)13-12(14)11(7-15-3)4-5-16-13/h4-5,9-10,15H,6-8H2,1-3H3. The highest BCUT2D eigenvalue weighted by Gasteiger charge is 2.29. The fraction of sp³-hybridized carbons (Fsp3) is 0.615. The molecule has 0 spiro atoms. The molecule has 1 aromatic heterocycles. The van der Waals surface area contributed by atoms with Crippen LogP contribution in [-0.4, -0.2) is 24.6 Å². The summed E-state index contributed by atoms with van der Waals surface area (Å²) >= 11 is 0. The average molecular weight is 237 g/mol. The predicted octanol–water partition coefficient (Wildman–Crippen LogP) is 2.17. The molecule has 0 aliphatic carbocycles. The maximum atomic E-state index is 14.3. The van der Waals surface area contributed by atoms with Crippen LogP contribution in [0.5, 0.6) is 0 Å². The van der Waals surface area contributed by atoms with E-state index in [4.69, 9.17) is 0 Å². The summed E-state index contributed by atoms with van der Waals surface area (Å²) in [5, 5.41) is 2.98. The monoisotopic (exact) mass is 237 g/mol. The lowest BCUT2D eigenvalue weighted by Gasteiger charge is -2.23. The summed E-state index contributed by atoms with van der Waals surface area (Å²) in [6.45, 7) is 5.77. The highest BCUT2D eigenvalue weighted by atomic mass is 19.1. The molecule has 2 atom stereocenters. The van der Waals surface area contributed by atoms with Gasteiger partial charge in [-0.25, -0.2) is 9.37 Å². The van der Waals surface area contributed by atoms with Crippen LogP contribution < -0.4 is 10.2 Å². The lowest BCUT2D eigenvalue weighted by molar-refractivity contribution is 0.582. The highest BCUT2D eigenvalue weighted by Crippen LogP contribution is 2.29.